The van der Waals surface area contributed by atoms with E-state index >= 15 is 0 Å². The van der Waals surface area contributed by atoms with Crippen LogP contribution in [-0.4, -0.2) is 80.5 Å². The summed E-state index contributed by atoms with van der Waals surface area (Å²) in [4.78, 5) is 14.4. The largest absolute Gasteiger partial charge is 0.472 e. The lowest BCUT2D eigenvalue weighted by Gasteiger charge is -2.24. The molecule has 5 N–H and O–H groups in total. The summed E-state index contributed by atoms with van der Waals surface area (Å²) in [6.45, 7) is 1.17. The number of halogens is 1. The van der Waals surface area contributed by atoms with E-state index in [-0.39, 0.29) is 35.9 Å². The first-order chi connectivity index (χ1) is 27.0. The fourth-order valence-electron chi connectivity index (χ4n) is 6.63. The van der Waals surface area contributed by atoms with Crippen molar-refractivity contribution in [2.45, 2.75) is 133 Å². The van der Waals surface area contributed by atoms with Crippen LogP contribution < -0.4 is 5.73 Å². The van der Waals surface area contributed by atoms with Crippen molar-refractivity contribution in [3.05, 3.63) is 59.3 Å². The van der Waals surface area contributed by atoms with Crippen LogP contribution in [0.15, 0.2) is 36.7 Å². The van der Waals surface area contributed by atoms with Gasteiger partial charge in [0.1, 0.15) is 48.1 Å². The van der Waals surface area contributed by atoms with Gasteiger partial charge in [0.25, 0.3) is 0 Å². The van der Waals surface area contributed by atoms with Crippen LogP contribution in [0.25, 0.3) is 5.52 Å². The van der Waals surface area contributed by atoms with E-state index < -0.39 is 56.9 Å². The Morgan fingerprint density at radius 1 is 0.982 bits per heavy atom. The molecule has 308 valence electrons. The molecule has 1 unspecified atom stereocenters. The van der Waals surface area contributed by atoms with Crippen molar-refractivity contribution >= 4 is 19.2 Å². The van der Waals surface area contributed by atoms with Crippen LogP contribution in [-0.2, 0) is 40.0 Å². The van der Waals surface area contributed by atoms with Crippen molar-refractivity contribution < 1.29 is 47.3 Å². The minimum Gasteiger partial charge on any atom is -0.387 e. The van der Waals surface area contributed by atoms with Crippen LogP contribution in [0.1, 0.15) is 114 Å². The van der Waals surface area contributed by atoms with Gasteiger partial charge < -0.3 is 35.1 Å². The predicted molar refractivity (Wildman–Crippen MR) is 204 cm³/mol. The number of fused-ring (bicyclic) bond motifs is 1. The average molecular weight is 803 g/mol. The third-order valence-electron chi connectivity index (χ3n) is 9.91. The van der Waals surface area contributed by atoms with E-state index in [1.54, 1.807) is 0 Å². The smallest absolute Gasteiger partial charge is 0.387 e. The Labute approximate surface area is 328 Å². The van der Waals surface area contributed by atoms with E-state index in [0.29, 0.717) is 12.1 Å². The first kappa shape index (κ1) is 45.2. The Morgan fingerprint density at radius 3 is 2.27 bits per heavy atom. The average Bonchev–Trinajstić information content (AvgIpc) is 3.74. The van der Waals surface area contributed by atoms with Gasteiger partial charge in [-0.15, -0.1) is 0 Å². The number of unbranched alkanes of at least 4 members (excludes halogenated alkanes) is 13. The third kappa shape index (κ3) is 13.0. The molecule has 6 atom stereocenters. The molecule has 3 aromatic rings. The topological polar surface area (TPSA) is 228 Å². The van der Waals surface area contributed by atoms with Crippen LogP contribution in [0, 0.1) is 28.5 Å². The molecule has 0 saturated carbocycles. The normalized spacial score (nSPS) is 21.2. The number of phosphoric ester groups is 1. The van der Waals surface area contributed by atoms with E-state index in [1.165, 1.54) is 99.4 Å². The molecule has 2 aromatic heterocycles. The van der Waals surface area contributed by atoms with Crippen molar-refractivity contribution in [2.24, 2.45) is 0 Å². The molecule has 0 bridgehead atoms. The van der Waals surface area contributed by atoms with Crippen LogP contribution >= 0.6 is 7.82 Å². The third-order valence-corrected chi connectivity index (χ3v) is 10.9. The van der Waals surface area contributed by atoms with Crippen molar-refractivity contribution in [2.75, 3.05) is 32.2 Å². The van der Waals surface area contributed by atoms with E-state index in [4.69, 9.17) is 34.3 Å². The van der Waals surface area contributed by atoms with Crippen molar-refractivity contribution in [3.8, 4) is 12.1 Å². The van der Waals surface area contributed by atoms with Crippen molar-refractivity contribution in [3.63, 3.8) is 0 Å². The number of nitrogens with two attached hydrogens (primary N) is 1. The number of nitrogen functional groups attached to an aromatic ring is 1. The molecule has 56 heavy (non-hydrogen) atoms. The lowest BCUT2D eigenvalue weighted by atomic mass is 9.92. The van der Waals surface area contributed by atoms with E-state index in [9.17, 15) is 29.3 Å². The Morgan fingerprint density at radius 2 is 1.64 bits per heavy atom. The Bertz CT molecular complexity index is 1790. The van der Waals surface area contributed by atoms with E-state index in [1.807, 2.05) is 12.1 Å². The van der Waals surface area contributed by atoms with Crippen molar-refractivity contribution in [1.29, 1.82) is 10.5 Å². The SMILES string of the molecule is CCCCCCCCCCCCCCCCOC[C@H](COP(=O)(O)OC[C@H]1O[C@@](C#N)(c2ccc3c(N)ncnn23)[C@H](O)[C@@H]1O)OCc1ccc(C#N)cc1F. The molecular formula is C39H56FN6O9P. The maximum absolute atomic E-state index is 14.6. The van der Waals surface area contributed by atoms with Crippen LogP contribution in [0.4, 0.5) is 10.2 Å². The highest BCUT2D eigenvalue weighted by atomic mass is 31.2. The summed E-state index contributed by atoms with van der Waals surface area (Å²) in [5.41, 5.74) is 4.46. The van der Waals surface area contributed by atoms with Gasteiger partial charge in [-0.3, -0.25) is 9.05 Å². The predicted octanol–water partition coefficient (Wildman–Crippen LogP) is 6.38. The second-order valence-electron chi connectivity index (χ2n) is 14.2. The number of nitrogens with zero attached hydrogens (tertiary/aromatic N) is 5. The maximum Gasteiger partial charge on any atom is 0.472 e. The second-order valence-corrected chi connectivity index (χ2v) is 15.6. The number of phosphoric acid groups is 1. The maximum atomic E-state index is 14.6. The first-order valence-electron chi connectivity index (χ1n) is 19.6. The van der Waals surface area contributed by atoms with Gasteiger partial charge in [0, 0.05) is 12.2 Å². The van der Waals surface area contributed by atoms with Gasteiger partial charge in [-0.25, -0.2) is 18.5 Å². The molecule has 15 nitrogen and oxygen atoms in total. The van der Waals surface area contributed by atoms with Gasteiger partial charge in [-0.05, 0) is 30.7 Å². The summed E-state index contributed by atoms with van der Waals surface area (Å²) >= 11 is 0. The Balaban J connectivity index is 1.23. The molecule has 17 heteroatoms. The molecule has 0 radical (unpaired) electrons. The zero-order valence-electron chi connectivity index (χ0n) is 32.1. The zero-order chi connectivity index (χ0) is 40.4. The highest BCUT2D eigenvalue weighted by Gasteiger charge is 2.58. The van der Waals surface area contributed by atoms with Gasteiger partial charge in [0.15, 0.2) is 5.82 Å². The van der Waals surface area contributed by atoms with E-state index in [0.717, 1.165) is 31.7 Å². The molecule has 1 aromatic carbocycles. The highest BCUT2D eigenvalue weighted by Crippen LogP contribution is 2.46. The molecule has 1 fully saturated rings. The summed E-state index contributed by atoms with van der Waals surface area (Å²) in [6, 6.07) is 10.7. The fourth-order valence-corrected chi connectivity index (χ4v) is 7.40. The quantitative estimate of drug-likeness (QED) is 0.0485. The van der Waals surface area contributed by atoms with Gasteiger partial charge in [-0.2, -0.15) is 15.6 Å². The summed E-state index contributed by atoms with van der Waals surface area (Å²) in [7, 11) is -4.84. The minimum atomic E-state index is -4.84. The molecule has 1 aliphatic heterocycles. The number of aromatic nitrogens is 3. The number of hydrogen-bond donors (Lipinski definition) is 4. The van der Waals surface area contributed by atoms with Crippen LogP contribution in [0.3, 0.4) is 0 Å². The summed E-state index contributed by atoms with van der Waals surface area (Å²) in [5, 5.41) is 45.0. The molecular weight excluding hydrogens is 746 g/mol. The number of rotatable bonds is 27. The van der Waals surface area contributed by atoms with Gasteiger partial charge in [0.05, 0.1) is 43.8 Å². The lowest BCUT2D eigenvalue weighted by molar-refractivity contribution is -0.0691. The zero-order valence-corrected chi connectivity index (χ0v) is 33.0. The molecule has 1 aliphatic rings. The van der Waals surface area contributed by atoms with Crippen molar-refractivity contribution in [1.82, 2.24) is 14.6 Å². The van der Waals surface area contributed by atoms with Gasteiger partial charge in [-0.1, -0.05) is 96.5 Å². The number of aliphatic hydroxyl groups is 2. The number of aliphatic hydroxyl groups excluding tert-OH is 2. The number of hydrogen-bond acceptors (Lipinski definition) is 13. The lowest BCUT2D eigenvalue weighted by Crippen LogP contribution is -2.41. The monoisotopic (exact) mass is 802 g/mol. The molecule has 3 heterocycles. The number of ether oxygens (including phenoxy) is 3. The van der Waals surface area contributed by atoms with Gasteiger partial charge in [0.2, 0.25) is 5.60 Å². The number of anilines is 1. The molecule has 0 spiro atoms. The first-order valence-corrected chi connectivity index (χ1v) is 21.1. The standard InChI is InChI=1S/C39H56FN6O9P/c1-2-3-4-5-6-7-8-9-10-11-12-13-14-15-20-51-24-31(52-23-30-17-16-29(22-41)21-32(30)40)25-53-56(49,50)54-26-34-36(47)37(48)39(27-42,55-34)35-19-18-33-38(43)44-28-45-46(33)35/h16-19,21,28,31,34,36-37,47-48H,2-15,20,23-26H2,1H3,(H,49,50)(H2,43,44,45)/t31-,34-,36-,37-,39+/m1/s1. The minimum absolute atomic E-state index is 0.0307. The van der Waals surface area contributed by atoms with Crippen LogP contribution in [0.5, 0.6) is 0 Å². The number of nitriles is 2. The molecule has 4 rings (SSSR count). The fraction of sp³-hybridized carbons (Fsp3) is 0.641. The molecule has 0 amide bonds. The highest BCUT2D eigenvalue weighted by molar-refractivity contribution is 7.47. The molecule has 0 aliphatic carbocycles. The number of benzene rings is 1. The van der Waals surface area contributed by atoms with E-state index in [2.05, 4.69) is 17.0 Å². The summed E-state index contributed by atoms with van der Waals surface area (Å²) < 4.78 is 56.6. The Kier molecular flexibility index (Phi) is 18.6. The van der Waals surface area contributed by atoms with Crippen LogP contribution in [0.2, 0.25) is 0 Å². The summed E-state index contributed by atoms with van der Waals surface area (Å²) in [5.74, 6) is -0.534. The van der Waals surface area contributed by atoms with Gasteiger partial charge >= 0.3 is 7.82 Å². The summed E-state index contributed by atoms with van der Waals surface area (Å²) in [6.07, 6.45) is 12.5. The molecule has 1 saturated heterocycles. The Hall–Kier alpha value is -3.54. The second kappa shape index (κ2) is 23.0.